The molecule has 0 aliphatic rings. The number of unbranched alkanes of at least 4 members (excludes halogenated alkanes) is 7. The van der Waals surface area contributed by atoms with Crippen LogP contribution in [0.2, 0.25) is 0 Å². The van der Waals surface area contributed by atoms with Crippen molar-refractivity contribution in [2.24, 2.45) is 0 Å². The van der Waals surface area contributed by atoms with Crippen molar-refractivity contribution in [3.8, 4) is 0 Å². The Morgan fingerprint density at radius 1 is 0.667 bits per heavy atom. The van der Waals surface area contributed by atoms with Crippen molar-refractivity contribution in [3.05, 3.63) is 0 Å². The van der Waals surface area contributed by atoms with Crippen LogP contribution in [0.3, 0.4) is 0 Å². The molecule has 0 fully saturated rings. The van der Waals surface area contributed by atoms with Crippen LogP contribution in [0.4, 0.5) is 0 Å². The number of ketones is 2. The van der Waals surface area contributed by atoms with Crippen molar-refractivity contribution >= 4 is 23.8 Å². The summed E-state index contributed by atoms with van der Waals surface area (Å²) in [5.74, 6) is -1.37. The number of carbonyl (C=O) groups excluding carboxylic acids is 3. The van der Waals surface area contributed by atoms with Gasteiger partial charge in [-0.1, -0.05) is 25.7 Å². The first-order valence-corrected chi connectivity index (χ1v) is 7.79. The lowest BCUT2D eigenvalue weighted by Gasteiger charge is -2.01. The van der Waals surface area contributed by atoms with Crippen LogP contribution in [0.5, 0.6) is 0 Å². The van der Waals surface area contributed by atoms with Gasteiger partial charge in [-0.3, -0.25) is 14.4 Å². The Labute approximate surface area is 126 Å². The Morgan fingerprint density at radius 2 is 1.10 bits per heavy atom. The summed E-state index contributed by atoms with van der Waals surface area (Å²) < 4.78 is 0. The normalized spacial score (nSPS) is 10.3. The molecule has 0 aromatic rings. The Kier molecular flexibility index (Phi) is 12.5. The van der Waals surface area contributed by atoms with E-state index in [-0.39, 0.29) is 24.4 Å². The number of carboxylic acids is 1. The van der Waals surface area contributed by atoms with E-state index < -0.39 is 5.97 Å². The van der Waals surface area contributed by atoms with Gasteiger partial charge in [0.05, 0.1) is 0 Å². The molecule has 0 atom stereocenters. The second-order valence-corrected chi connectivity index (χ2v) is 5.27. The first-order chi connectivity index (χ1) is 10.1. The molecular weight excluding hydrogens is 272 g/mol. The highest BCUT2D eigenvalue weighted by atomic mass is 16.4. The fourth-order valence-electron chi connectivity index (χ4n) is 2.06. The van der Waals surface area contributed by atoms with E-state index in [9.17, 15) is 19.2 Å². The quantitative estimate of drug-likeness (QED) is 0.285. The second-order valence-electron chi connectivity index (χ2n) is 5.27. The zero-order chi connectivity index (χ0) is 15.9. The predicted molar refractivity (Wildman–Crippen MR) is 79.1 cm³/mol. The average molecular weight is 298 g/mol. The lowest BCUT2D eigenvalue weighted by molar-refractivity contribution is -0.137. The van der Waals surface area contributed by atoms with Crippen molar-refractivity contribution in [2.75, 3.05) is 0 Å². The van der Waals surface area contributed by atoms with E-state index in [1.54, 1.807) is 0 Å². The van der Waals surface area contributed by atoms with Crippen LogP contribution in [0.25, 0.3) is 0 Å². The van der Waals surface area contributed by atoms with Gasteiger partial charge in [0, 0.05) is 25.7 Å². The second kappa shape index (κ2) is 13.5. The number of hydrogen-bond acceptors (Lipinski definition) is 4. The first kappa shape index (κ1) is 19.5. The van der Waals surface area contributed by atoms with Gasteiger partial charge in [-0.2, -0.15) is 0 Å². The van der Waals surface area contributed by atoms with Crippen LogP contribution in [0.1, 0.15) is 77.0 Å². The Bertz CT molecular complexity index is 336. The van der Waals surface area contributed by atoms with Crippen molar-refractivity contribution in [1.82, 2.24) is 0 Å². The molecule has 5 heteroatoms. The van der Waals surface area contributed by atoms with E-state index in [4.69, 9.17) is 5.11 Å². The fourth-order valence-corrected chi connectivity index (χ4v) is 2.06. The number of rotatable bonds is 15. The average Bonchev–Trinajstić information content (AvgIpc) is 2.45. The van der Waals surface area contributed by atoms with Gasteiger partial charge in [0.1, 0.15) is 6.29 Å². The van der Waals surface area contributed by atoms with Crippen LogP contribution in [-0.2, 0) is 19.2 Å². The van der Waals surface area contributed by atoms with Crippen LogP contribution >= 0.6 is 0 Å². The molecule has 0 aliphatic heterocycles. The molecule has 0 rings (SSSR count). The molecule has 5 nitrogen and oxygen atoms in total. The van der Waals surface area contributed by atoms with E-state index in [2.05, 4.69) is 0 Å². The van der Waals surface area contributed by atoms with Gasteiger partial charge in [0.2, 0.25) is 0 Å². The Balaban J connectivity index is 3.45. The highest BCUT2D eigenvalue weighted by Crippen LogP contribution is 2.09. The summed E-state index contributed by atoms with van der Waals surface area (Å²) in [5.41, 5.74) is 0. The third-order valence-corrected chi connectivity index (χ3v) is 3.33. The molecule has 120 valence electrons. The summed E-state index contributed by atoms with van der Waals surface area (Å²) in [6.07, 6.45) is 8.41. The summed E-state index contributed by atoms with van der Waals surface area (Å²) >= 11 is 0. The minimum absolute atomic E-state index is 0.196. The molecule has 0 heterocycles. The summed E-state index contributed by atoms with van der Waals surface area (Å²) in [5, 5.41) is 8.47. The van der Waals surface area contributed by atoms with Crippen molar-refractivity contribution in [3.63, 3.8) is 0 Å². The summed E-state index contributed by atoms with van der Waals surface area (Å²) in [7, 11) is 0. The molecule has 0 spiro atoms. The van der Waals surface area contributed by atoms with Crippen molar-refractivity contribution in [2.45, 2.75) is 77.0 Å². The van der Waals surface area contributed by atoms with Gasteiger partial charge in [0.15, 0.2) is 11.6 Å². The molecule has 0 aromatic carbocycles. The zero-order valence-corrected chi connectivity index (χ0v) is 12.6. The summed E-state index contributed by atoms with van der Waals surface area (Å²) in [6, 6.07) is 0. The maximum atomic E-state index is 11.6. The number of Topliss-reactive ketones (excluding diaryl/α,β-unsaturated/α-hetero) is 2. The monoisotopic (exact) mass is 298 g/mol. The molecule has 0 aliphatic carbocycles. The third kappa shape index (κ3) is 13.2. The number of aldehydes is 1. The van der Waals surface area contributed by atoms with Crippen molar-refractivity contribution in [1.29, 1.82) is 0 Å². The van der Waals surface area contributed by atoms with E-state index in [1.165, 1.54) is 0 Å². The lowest BCUT2D eigenvalue weighted by atomic mass is 10.0. The number of carbonyl (C=O) groups is 4. The molecule has 0 unspecified atom stereocenters. The van der Waals surface area contributed by atoms with Crippen LogP contribution in [0.15, 0.2) is 0 Å². The molecule has 0 saturated heterocycles. The minimum atomic E-state index is -0.774. The highest BCUT2D eigenvalue weighted by molar-refractivity contribution is 6.37. The summed E-state index contributed by atoms with van der Waals surface area (Å²) in [6.45, 7) is 0. The van der Waals surface area contributed by atoms with E-state index in [0.29, 0.717) is 32.1 Å². The van der Waals surface area contributed by atoms with Gasteiger partial charge in [0.25, 0.3) is 0 Å². The number of carboxylic acid groups (broad SMARTS) is 1. The molecular formula is C16H26O5. The predicted octanol–water partition coefficient (Wildman–Crippen LogP) is 3.09. The molecule has 21 heavy (non-hydrogen) atoms. The van der Waals surface area contributed by atoms with E-state index in [0.717, 1.165) is 38.4 Å². The Morgan fingerprint density at radius 3 is 1.57 bits per heavy atom. The standard InChI is InChI=1S/C16H26O5/c17-13-9-5-4-7-11-15(19)14(18)10-6-2-1-3-8-12-16(20)21/h13H,1-12H2,(H,20,21). The third-order valence-electron chi connectivity index (χ3n) is 3.33. The van der Waals surface area contributed by atoms with Gasteiger partial charge < -0.3 is 9.90 Å². The van der Waals surface area contributed by atoms with Crippen LogP contribution in [0, 0.1) is 0 Å². The van der Waals surface area contributed by atoms with Gasteiger partial charge in [-0.15, -0.1) is 0 Å². The molecule has 1 N–H and O–H groups in total. The molecule has 0 amide bonds. The number of aliphatic carboxylic acids is 1. The maximum absolute atomic E-state index is 11.6. The van der Waals surface area contributed by atoms with Crippen molar-refractivity contribution < 1.29 is 24.3 Å². The Hall–Kier alpha value is -1.52. The SMILES string of the molecule is O=CCCCCCC(=O)C(=O)CCCCCCCC(=O)O. The topological polar surface area (TPSA) is 88.5 Å². The molecule has 0 aromatic heterocycles. The fraction of sp³-hybridized carbons (Fsp3) is 0.750. The number of hydrogen-bond donors (Lipinski definition) is 1. The van der Waals surface area contributed by atoms with E-state index >= 15 is 0 Å². The zero-order valence-electron chi connectivity index (χ0n) is 12.6. The van der Waals surface area contributed by atoms with Crippen LogP contribution < -0.4 is 0 Å². The maximum Gasteiger partial charge on any atom is 0.303 e. The molecule has 0 radical (unpaired) electrons. The first-order valence-electron chi connectivity index (χ1n) is 7.79. The highest BCUT2D eigenvalue weighted by Gasteiger charge is 2.12. The van der Waals surface area contributed by atoms with Gasteiger partial charge in [-0.25, -0.2) is 0 Å². The summed E-state index contributed by atoms with van der Waals surface area (Å²) in [4.78, 5) is 43.5. The minimum Gasteiger partial charge on any atom is -0.481 e. The lowest BCUT2D eigenvalue weighted by Crippen LogP contribution is -2.13. The molecule has 0 bridgehead atoms. The largest absolute Gasteiger partial charge is 0.481 e. The van der Waals surface area contributed by atoms with Gasteiger partial charge >= 0.3 is 5.97 Å². The van der Waals surface area contributed by atoms with E-state index in [1.807, 2.05) is 0 Å². The smallest absolute Gasteiger partial charge is 0.303 e. The molecule has 0 saturated carbocycles. The van der Waals surface area contributed by atoms with Gasteiger partial charge in [-0.05, 0) is 25.7 Å². The van der Waals surface area contributed by atoms with Crippen LogP contribution in [-0.4, -0.2) is 28.9 Å².